The summed E-state index contributed by atoms with van der Waals surface area (Å²) in [5, 5.41) is 11.1. The van der Waals surface area contributed by atoms with Crippen LogP contribution < -0.4 is 10.6 Å². The average molecular weight is 334 g/mol. The molecule has 1 amide bonds. The van der Waals surface area contributed by atoms with E-state index < -0.39 is 0 Å². The number of carbonyl (C=O) groups excluding carboxylic acids is 1. The van der Waals surface area contributed by atoms with Crippen LogP contribution in [0.5, 0.6) is 0 Å². The maximum atomic E-state index is 12.2. The minimum atomic E-state index is 0.122. The van der Waals surface area contributed by atoms with E-state index in [0.717, 1.165) is 50.3 Å². The molecule has 0 saturated heterocycles. The number of carbonyl (C=O) groups is 1. The monoisotopic (exact) mass is 334 g/mol. The molecule has 7 heteroatoms. The number of nitrogens with zero attached hydrogens (tertiary/aromatic N) is 4. The van der Waals surface area contributed by atoms with Gasteiger partial charge in [0, 0.05) is 45.8 Å². The van der Waals surface area contributed by atoms with Gasteiger partial charge in [0.1, 0.15) is 0 Å². The van der Waals surface area contributed by atoms with Gasteiger partial charge in [0.2, 0.25) is 5.91 Å². The molecule has 24 heavy (non-hydrogen) atoms. The topological polar surface area (TPSA) is 74.5 Å². The van der Waals surface area contributed by atoms with Gasteiger partial charge in [-0.3, -0.25) is 14.5 Å². The van der Waals surface area contributed by atoms with Crippen molar-refractivity contribution < 1.29 is 4.79 Å². The summed E-state index contributed by atoms with van der Waals surface area (Å²) in [6.07, 6.45) is 7.89. The molecule has 2 atom stereocenters. The molecule has 2 N–H and O–H groups in total. The van der Waals surface area contributed by atoms with Crippen LogP contribution in [0.2, 0.25) is 0 Å². The Morgan fingerprint density at radius 2 is 2.25 bits per heavy atom. The van der Waals surface area contributed by atoms with Crippen LogP contribution in [0.15, 0.2) is 17.4 Å². The van der Waals surface area contributed by atoms with Crippen molar-refractivity contribution in [3.8, 4) is 0 Å². The van der Waals surface area contributed by atoms with E-state index >= 15 is 0 Å². The van der Waals surface area contributed by atoms with E-state index in [1.54, 1.807) is 11.9 Å². The number of amides is 1. The Kier molecular flexibility index (Phi) is 6.63. The standard InChI is InChI=1S/C17H30N6O/c1-13-11-20-23(12-13)9-8-19-17(18-2)21-15-7-5-6-14(10-15)16(24)22(3)4/h11-12,14-15H,5-10H2,1-4H3,(H2,18,19,21). The van der Waals surface area contributed by atoms with E-state index in [1.165, 1.54) is 0 Å². The Labute approximate surface area is 144 Å². The fourth-order valence-corrected chi connectivity index (χ4v) is 3.18. The lowest BCUT2D eigenvalue weighted by atomic mass is 9.85. The highest BCUT2D eigenvalue weighted by Gasteiger charge is 2.28. The molecule has 1 aromatic heterocycles. The van der Waals surface area contributed by atoms with Gasteiger partial charge in [-0.15, -0.1) is 0 Å². The highest BCUT2D eigenvalue weighted by Crippen LogP contribution is 2.25. The van der Waals surface area contributed by atoms with Crippen molar-refractivity contribution in [2.24, 2.45) is 10.9 Å². The fourth-order valence-electron chi connectivity index (χ4n) is 3.18. The van der Waals surface area contributed by atoms with Gasteiger partial charge in [-0.1, -0.05) is 6.42 Å². The van der Waals surface area contributed by atoms with Crippen LogP contribution in [0.1, 0.15) is 31.2 Å². The Morgan fingerprint density at radius 3 is 2.88 bits per heavy atom. The van der Waals surface area contributed by atoms with Gasteiger partial charge in [-0.05, 0) is 31.7 Å². The van der Waals surface area contributed by atoms with Gasteiger partial charge in [0.25, 0.3) is 0 Å². The largest absolute Gasteiger partial charge is 0.355 e. The Hall–Kier alpha value is -2.05. The zero-order valence-corrected chi connectivity index (χ0v) is 15.2. The SMILES string of the molecule is CN=C(NCCn1cc(C)cn1)NC1CCCC(C(=O)N(C)C)C1. The molecule has 0 radical (unpaired) electrons. The number of aryl methyl sites for hydroxylation is 1. The first-order valence-electron chi connectivity index (χ1n) is 8.67. The summed E-state index contributed by atoms with van der Waals surface area (Å²) in [4.78, 5) is 18.2. The van der Waals surface area contributed by atoms with Crippen LogP contribution in [0.4, 0.5) is 0 Å². The normalized spacial score (nSPS) is 21.4. The number of aliphatic imine (C=N–C) groups is 1. The maximum absolute atomic E-state index is 12.2. The molecular weight excluding hydrogens is 304 g/mol. The molecular formula is C17H30N6O. The van der Waals surface area contributed by atoms with Crippen LogP contribution in [-0.4, -0.2) is 60.3 Å². The van der Waals surface area contributed by atoms with Gasteiger partial charge >= 0.3 is 0 Å². The van der Waals surface area contributed by atoms with Gasteiger partial charge in [0.15, 0.2) is 5.96 Å². The van der Waals surface area contributed by atoms with E-state index in [2.05, 4.69) is 20.7 Å². The summed E-state index contributed by atoms with van der Waals surface area (Å²) in [5.41, 5.74) is 1.16. The van der Waals surface area contributed by atoms with Crippen molar-refractivity contribution >= 4 is 11.9 Å². The highest BCUT2D eigenvalue weighted by atomic mass is 16.2. The summed E-state index contributed by atoms with van der Waals surface area (Å²) >= 11 is 0. The molecule has 0 aliphatic heterocycles. The molecule has 1 aliphatic rings. The molecule has 7 nitrogen and oxygen atoms in total. The fraction of sp³-hybridized carbons (Fsp3) is 0.706. The summed E-state index contributed by atoms with van der Waals surface area (Å²) in [7, 11) is 5.44. The first-order valence-corrected chi connectivity index (χ1v) is 8.67. The third-order valence-electron chi connectivity index (χ3n) is 4.42. The lowest BCUT2D eigenvalue weighted by Gasteiger charge is -2.31. The van der Waals surface area contributed by atoms with Crippen molar-refractivity contribution in [3.05, 3.63) is 18.0 Å². The third kappa shape index (κ3) is 5.25. The predicted octanol–water partition coefficient (Wildman–Crippen LogP) is 1.00. The lowest BCUT2D eigenvalue weighted by molar-refractivity contribution is -0.134. The third-order valence-corrected chi connectivity index (χ3v) is 4.42. The smallest absolute Gasteiger partial charge is 0.225 e. The molecule has 2 unspecified atom stereocenters. The molecule has 0 spiro atoms. The summed E-state index contributed by atoms with van der Waals surface area (Å²) in [6.45, 7) is 3.58. The van der Waals surface area contributed by atoms with Crippen molar-refractivity contribution in [1.29, 1.82) is 0 Å². The Balaban J connectivity index is 1.78. The van der Waals surface area contributed by atoms with Gasteiger partial charge in [0.05, 0.1) is 12.7 Å². The van der Waals surface area contributed by atoms with Crippen LogP contribution in [0.25, 0.3) is 0 Å². The van der Waals surface area contributed by atoms with E-state index in [1.807, 2.05) is 38.1 Å². The van der Waals surface area contributed by atoms with Crippen LogP contribution in [0.3, 0.4) is 0 Å². The predicted molar refractivity (Wildman–Crippen MR) is 95.9 cm³/mol. The summed E-state index contributed by atoms with van der Waals surface area (Å²) in [5.74, 6) is 1.15. The van der Waals surface area contributed by atoms with Crippen LogP contribution in [-0.2, 0) is 11.3 Å². The molecule has 1 aromatic rings. The van der Waals surface area contributed by atoms with Gasteiger partial charge in [-0.2, -0.15) is 5.10 Å². The molecule has 1 saturated carbocycles. The molecule has 1 aliphatic carbocycles. The van der Waals surface area contributed by atoms with Gasteiger partial charge < -0.3 is 15.5 Å². The minimum absolute atomic E-state index is 0.122. The zero-order chi connectivity index (χ0) is 17.5. The van der Waals surface area contributed by atoms with Crippen molar-refractivity contribution in [1.82, 2.24) is 25.3 Å². The number of aromatic nitrogens is 2. The average Bonchev–Trinajstić information content (AvgIpc) is 2.98. The van der Waals surface area contributed by atoms with Crippen molar-refractivity contribution in [3.63, 3.8) is 0 Å². The minimum Gasteiger partial charge on any atom is -0.355 e. The zero-order valence-electron chi connectivity index (χ0n) is 15.2. The first-order chi connectivity index (χ1) is 11.5. The van der Waals surface area contributed by atoms with E-state index in [0.29, 0.717) is 6.04 Å². The number of hydrogen-bond donors (Lipinski definition) is 2. The van der Waals surface area contributed by atoms with Crippen molar-refractivity contribution in [2.75, 3.05) is 27.7 Å². The van der Waals surface area contributed by atoms with Crippen LogP contribution in [0, 0.1) is 12.8 Å². The number of hydrogen-bond acceptors (Lipinski definition) is 3. The molecule has 0 aromatic carbocycles. The number of rotatable bonds is 5. The van der Waals surface area contributed by atoms with E-state index in [4.69, 9.17) is 0 Å². The first kappa shape index (κ1) is 18.3. The Morgan fingerprint density at radius 1 is 1.46 bits per heavy atom. The van der Waals surface area contributed by atoms with E-state index in [9.17, 15) is 4.79 Å². The molecule has 134 valence electrons. The second kappa shape index (κ2) is 8.70. The molecule has 1 fully saturated rings. The van der Waals surface area contributed by atoms with Gasteiger partial charge in [-0.25, -0.2) is 0 Å². The summed E-state index contributed by atoms with van der Waals surface area (Å²) < 4.78 is 1.92. The maximum Gasteiger partial charge on any atom is 0.225 e. The van der Waals surface area contributed by atoms with Crippen LogP contribution >= 0.6 is 0 Å². The Bertz CT molecular complexity index is 565. The molecule has 0 bridgehead atoms. The second-order valence-electron chi connectivity index (χ2n) is 6.72. The molecule has 1 heterocycles. The summed E-state index contributed by atoms with van der Waals surface area (Å²) in [6, 6.07) is 0.297. The number of nitrogens with one attached hydrogen (secondary N) is 2. The molecule has 2 rings (SSSR count). The lowest BCUT2D eigenvalue weighted by Crippen LogP contribution is -2.47. The quantitative estimate of drug-likeness (QED) is 0.622. The van der Waals surface area contributed by atoms with Crippen molar-refractivity contribution in [2.45, 2.75) is 45.2 Å². The highest BCUT2D eigenvalue weighted by molar-refractivity contribution is 5.80. The van der Waals surface area contributed by atoms with E-state index in [-0.39, 0.29) is 11.8 Å². The number of guanidine groups is 1. The second-order valence-corrected chi connectivity index (χ2v) is 6.72.